The molecule has 2 amide bonds. The lowest BCUT2D eigenvalue weighted by molar-refractivity contribution is -0.114. The Morgan fingerprint density at radius 3 is 2.68 bits per heavy atom. The van der Waals surface area contributed by atoms with Crippen LogP contribution in [0.25, 0.3) is 6.08 Å². The molecule has 5 rings (SSSR count). The van der Waals surface area contributed by atoms with Gasteiger partial charge in [0.05, 0.1) is 10.6 Å². The number of rotatable bonds is 6. The van der Waals surface area contributed by atoms with Crippen LogP contribution in [0.2, 0.25) is 5.02 Å². The molecule has 0 aliphatic carbocycles. The Kier molecular flexibility index (Phi) is 7.70. The topological polar surface area (TPSA) is 52.7 Å². The summed E-state index contributed by atoms with van der Waals surface area (Å²) >= 11 is 7.69. The normalized spacial score (nSPS) is 19.6. The molecule has 7 heteroatoms. The van der Waals surface area contributed by atoms with Gasteiger partial charge >= 0.3 is 0 Å². The van der Waals surface area contributed by atoms with E-state index in [4.69, 9.17) is 11.6 Å². The van der Waals surface area contributed by atoms with Crippen LogP contribution in [0, 0.1) is 5.92 Å². The highest BCUT2D eigenvalue weighted by atomic mass is 35.5. The van der Waals surface area contributed by atoms with Crippen LogP contribution in [0.3, 0.4) is 0 Å². The molecule has 2 atom stereocenters. The Bertz CT molecular complexity index is 1340. The number of benzene rings is 3. The van der Waals surface area contributed by atoms with Gasteiger partial charge in [0.1, 0.15) is 0 Å². The SMILES string of the molecule is C[C@H](c1ccccc1)N1CC[C@@H](CNC(=O)c2ccc3c(c2)N(C)C(=O)/C(=C\c2ccccc2Cl)S3)C1. The summed E-state index contributed by atoms with van der Waals surface area (Å²) in [5.74, 6) is 0.194. The first-order chi connectivity index (χ1) is 17.9. The number of fused-ring (bicyclic) bond motifs is 1. The predicted molar refractivity (Wildman–Crippen MR) is 152 cm³/mol. The van der Waals surface area contributed by atoms with Crippen molar-refractivity contribution in [3.63, 3.8) is 0 Å². The number of halogens is 1. The molecule has 0 spiro atoms. The number of nitrogens with zero attached hydrogens (tertiary/aromatic N) is 2. The van der Waals surface area contributed by atoms with Crippen molar-refractivity contribution in [1.82, 2.24) is 10.2 Å². The molecule has 0 saturated carbocycles. The molecule has 2 aliphatic heterocycles. The predicted octanol–water partition coefficient (Wildman–Crippen LogP) is 6.26. The zero-order chi connectivity index (χ0) is 25.9. The zero-order valence-corrected chi connectivity index (χ0v) is 22.6. The van der Waals surface area contributed by atoms with E-state index in [1.54, 1.807) is 24.1 Å². The number of amides is 2. The highest BCUT2D eigenvalue weighted by Gasteiger charge is 2.29. The lowest BCUT2D eigenvalue weighted by Gasteiger charge is -2.27. The summed E-state index contributed by atoms with van der Waals surface area (Å²) in [7, 11) is 1.74. The van der Waals surface area contributed by atoms with Gasteiger partial charge in [0.15, 0.2) is 0 Å². The fourth-order valence-corrected chi connectivity index (χ4v) is 6.20. The van der Waals surface area contributed by atoms with E-state index >= 15 is 0 Å². The van der Waals surface area contributed by atoms with Crippen molar-refractivity contribution >= 4 is 46.9 Å². The van der Waals surface area contributed by atoms with Crippen LogP contribution >= 0.6 is 23.4 Å². The lowest BCUT2D eigenvalue weighted by Crippen LogP contribution is -2.33. The largest absolute Gasteiger partial charge is 0.352 e. The Hall–Kier alpha value is -3.06. The van der Waals surface area contributed by atoms with Crippen LogP contribution in [0.4, 0.5) is 5.69 Å². The molecule has 2 aliphatic rings. The molecule has 1 saturated heterocycles. The molecule has 3 aromatic carbocycles. The maximum atomic E-state index is 13.1. The molecule has 2 heterocycles. The summed E-state index contributed by atoms with van der Waals surface area (Å²) in [6, 6.07) is 23.9. The number of carbonyl (C=O) groups excluding carboxylic acids is 2. The van der Waals surface area contributed by atoms with E-state index in [1.807, 2.05) is 42.5 Å². The molecule has 1 N–H and O–H groups in total. The van der Waals surface area contributed by atoms with Gasteiger partial charge in [-0.3, -0.25) is 14.5 Å². The van der Waals surface area contributed by atoms with Crippen LogP contribution in [0.15, 0.2) is 82.6 Å². The maximum absolute atomic E-state index is 13.1. The first-order valence-electron chi connectivity index (χ1n) is 12.5. The highest BCUT2D eigenvalue weighted by molar-refractivity contribution is 8.04. The quantitative estimate of drug-likeness (QED) is 0.381. The molecule has 0 radical (unpaired) electrons. The molecule has 0 unspecified atom stereocenters. The van der Waals surface area contributed by atoms with Gasteiger partial charge in [-0.15, -0.1) is 0 Å². The molecule has 37 heavy (non-hydrogen) atoms. The van der Waals surface area contributed by atoms with E-state index in [2.05, 4.69) is 41.4 Å². The Labute approximate surface area is 227 Å². The standard InChI is InChI=1S/C30H30ClN3O2S/c1-20(22-8-4-3-5-9-22)34-15-14-21(19-34)18-32-29(35)24-12-13-27-26(16-24)33(2)30(36)28(37-27)17-23-10-6-7-11-25(23)31/h3-13,16-17,20-21H,14-15,18-19H2,1-2H3,(H,32,35)/b28-17+/t20-,21+/m1/s1. The van der Waals surface area contributed by atoms with E-state index in [9.17, 15) is 9.59 Å². The first-order valence-corrected chi connectivity index (χ1v) is 13.7. The van der Waals surface area contributed by atoms with Crippen LogP contribution in [-0.2, 0) is 4.79 Å². The van der Waals surface area contributed by atoms with Gasteiger partial charge in [-0.25, -0.2) is 0 Å². The molecule has 0 bridgehead atoms. The number of likely N-dealkylation sites (N-methyl/N-ethyl adjacent to an activating group) is 1. The molecular formula is C30H30ClN3O2S. The number of nitrogens with one attached hydrogen (secondary N) is 1. The van der Waals surface area contributed by atoms with Crippen LogP contribution < -0.4 is 10.2 Å². The third-order valence-electron chi connectivity index (χ3n) is 7.21. The van der Waals surface area contributed by atoms with Crippen molar-refractivity contribution in [3.05, 3.63) is 99.4 Å². The molecule has 3 aromatic rings. The smallest absolute Gasteiger partial charge is 0.264 e. The number of thioether (sulfide) groups is 1. The average Bonchev–Trinajstić information content (AvgIpc) is 3.40. The summed E-state index contributed by atoms with van der Waals surface area (Å²) in [5, 5.41) is 3.72. The summed E-state index contributed by atoms with van der Waals surface area (Å²) < 4.78 is 0. The van der Waals surface area contributed by atoms with Gasteiger partial charge in [0.2, 0.25) is 0 Å². The summed E-state index contributed by atoms with van der Waals surface area (Å²) in [6.45, 7) is 4.88. The van der Waals surface area contributed by atoms with Gasteiger partial charge < -0.3 is 10.2 Å². The average molecular weight is 532 g/mol. The second kappa shape index (κ2) is 11.1. The minimum atomic E-state index is -0.117. The number of hydrogen-bond donors (Lipinski definition) is 1. The summed E-state index contributed by atoms with van der Waals surface area (Å²) in [5.41, 5.74) is 3.42. The van der Waals surface area contributed by atoms with Crippen LogP contribution in [0.5, 0.6) is 0 Å². The third-order valence-corrected chi connectivity index (χ3v) is 8.63. The number of likely N-dealkylation sites (tertiary alicyclic amines) is 1. The van der Waals surface area contributed by atoms with Crippen molar-refractivity contribution in [1.29, 1.82) is 0 Å². The van der Waals surface area contributed by atoms with E-state index < -0.39 is 0 Å². The van der Waals surface area contributed by atoms with E-state index in [1.165, 1.54) is 17.3 Å². The van der Waals surface area contributed by atoms with Crippen LogP contribution in [0.1, 0.15) is 40.9 Å². The fourth-order valence-electron chi connectivity index (χ4n) is 4.93. The number of carbonyl (C=O) groups is 2. The summed E-state index contributed by atoms with van der Waals surface area (Å²) in [4.78, 5) is 31.7. The van der Waals surface area contributed by atoms with Gasteiger partial charge in [-0.2, -0.15) is 0 Å². The van der Waals surface area contributed by atoms with Crippen molar-refractivity contribution in [2.24, 2.45) is 5.92 Å². The molecule has 190 valence electrons. The van der Waals surface area contributed by atoms with Gasteiger partial charge in [-0.1, -0.05) is 71.9 Å². The van der Waals surface area contributed by atoms with Crippen molar-refractivity contribution in [2.75, 3.05) is 31.6 Å². The van der Waals surface area contributed by atoms with Gasteiger partial charge in [0, 0.05) is 41.7 Å². The second-order valence-corrected chi connectivity index (χ2v) is 11.1. The third kappa shape index (κ3) is 5.61. The lowest BCUT2D eigenvalue weighted by atomic mass is 10.1. The maximum Gasteiger partial charge on any atom is 0.264 e. The minimum Gasteiger partial charge on any atom is -0.352 e. The summed E-state index contributed by atoms with van der Waals surface area (Å²) in [6.07, 6.45) is 2.88. The number of anilines is 1. The highest BCUT2D eigenvalue weighted by Crippen LogP contribution is 2.42. The van der Waals surface area contributed by atoms with Crippen molar-refractivity contribution in [2.45, 2.75) is 24.3 Å². The molecule has 0 aromatic heterocycles. The molecule has 1 fully saturated rings. The Morgan fingerprint density at radius 2 is 1.89 bits per heavy atom. The van der Waals surface area contributed by atoms with Crippen LogP contribution in [-0.4, -0.2) is 43.4 Å². The van der Waals surface area contributed by atoms with E-state index in [0.717, 1.165) is 35.7 Å². The van der Waals surface area contributed by atoms with E-state index in [0.29, 0.717) is 34.0 Å². The monoisotopic (exact) mass is 531 g/mol. The van der Waals surface area contributed by atoms with Gasteiger partial charge in [0.25, 0.3) is 11.8 Å². The molecular weight excluding hydrogens is 502 g/mol. The number of hydrogen-bond acceptors (Lipinski definition) is 4. The first kappa shape index (κ1) is 25.6. The second-order valence-electron chi connectivity index (χ2n) is 9.63. The Balaban J connectivity index is 1.22. The van der Waals surface area contributed by atoms with Crippen molar-refractivity contribution < 1.29 is 9.59 Å². The Morgan fingerprint density at radius 1 is 1.14 bits per heavy atom. The van der Waals surface area contributed by atoms with Crippen molar-refractivity contribution in [3.8, 4) is 0 Å². The minimum absolute atomic E-state index is 0.111. The van der Waals surface area contributed by atoms with E-state index in [-0.39, 0.29) is 11.8 Å². The molecule has 5 nitrogen and oxygen atoms in total. The zero-order valence-electron chi connectivity index (χ0n) is 21.0. The fraction of sp³-hybridized carbons (Fsp3) is 0.267. The van der Waals surface area contributed by atoms with Gasteiger partial charge in [-0.05, 0) is 67.3 Å².